The third kappa shape index (κ3) is 4.57. The van der Waals surface area contributed by atoms with Crippen molar-refractivity contribution in [1.82, 2.24) is 24.8 Å². The molecule has 0 saturated carbocycles. The van der Waals surface area contributed by atoms with E-state index in [1.807, 2.05) is 9.44 Å². The number of H-pyrrole nitrogens is 1. The number of rotatable bonds is 7. The van der Waals surface area contributed by atoms with Gasteiger partial charge in [-0.3, -0.25) is 14.7 Å². The molecular weight excluding hydrogens is 431 g/mol. The first kappa shape index (κ1) is 20.6. The van der Waals surface area contributed by atoms with E-state index in [0.717, 1.165) is 0 Å². The van der Waals surface area contributed by atoms with Crippen molar-refractivity contribution in [2.75, 3.05) is 11.8 Å². The topological polar surface area (TPSA) is 139 Å². The van der Waals surface area contributed by atoms with Crippen LogP contribution in [0.3, 0.4) is 0 Å². The first-order valence-electron chi connectivity index (χ1n) is 8.95. The van der Waals surface area contributed by atoms with Crippen LogP contribution in [0.5, 0.6) is 17.2 Å². The molecule has 0 saturated heterocycles. The third-order valence-electron chi connectivity index (χ3n) is 4.39. The van der Waals surface area contributed by atoms with Gasteiger partial charge in [0, 0.05) is 30.4 Å². The first-order chi connectivity index (χ1) is 14.8. The summed E-state index contributed by atoms with van der Waals surface area (Å²) in [4.78, 5) is 17.4. The van der Waals surface area contributed by atoms with Crippen LogP contribution in [0.25, 0.3) is 0 Å². The summed E-state index contributed by atoms with van der Waals surface area (Å²) < 4.78 is 52.9. The number of nitrogens with one attached hydrogen (secondary N) is 3. The zero-order valence-corrected chi connectivity index (χ0v) is 16.9. The Morgan fingerprint density at radius 3 is 2.90 bits per heavy atom. The summed E-state index contributed by atoms with van der Waals surface area (Å²) in [5.74, 6) is -0.0630. The van der Waals surface area contributed by atoms with Gasteiger partial charge in [-0.15, -0.1) is 0 Å². The van der Waals surface area contributed by atoms with Gasteiger partial charge in [-0.2, -0.15) is 13.5 Å². The number of ether oxygens (including phenoxy) is 2. The number of nitrogens with zero attached hydrogens (tertiary/aromatic N) is 3. The Morgan fingerprint density at radius 2 is 2.16 bits per heavy atom. The van der Waals surface area contributed by atoms with Crippen LogP contribution in [0.15, 0.2) is 42.9 Å². The number of hydrogen-bond acceptors (Lipinski definition) is 7. The number of fused-ring (bicyclic) bond motifs is 1. The molecule has 3 aromatic rings. The van der Waals surface area contributed by atoms with Gasteiger partial charge in [-0.1, -0.05) is 0 Å². The fraction of sp³-hybridized carbons (Fsp3) is 0.167. The summed E-state index contributed by atoms with van der Waals surface area (Å²) in [6.45, 7) is 0.0215. The van der Waals surface area contributed by atoms with E-state index in [9.17, 15) is 17.6 Å². The smallest absolute Gasteiger partial charge is 0.415 e. The van der Waals surface area contributed by atoms with Crippen molar-refractivity contribution >= 4 is 22.1 Å². The Bertz CT molecular complexity index is 1220. The zero-order chi connectivity index (χ0) is 22.0. The molecule has 162 valence electrons. The Balaban J connectivity index is 1.51. The van der Waals surface area contributed by atoms with E-state index >= 15 is 0 Å². The molecule has 3 heterocycles. The monoisotopic (exact) mass is 448 g/mol. The molecule has 31 heavy (non-hydrogen) atoms. The first-order valence-corrected chi connectivity index (χ1v) is 10.4. The van der Waals surface area contributed by atoms with Crippen LogP contribution in [-0.2, 0) is 23.3 Å². The highest BCUT2D eigenvalue weighted by Gasteiger charge is 2.27. The molecule has 3 N–H and O–H groups in total. The molecule has 0 radical (unpaired) electrons. The van der Waals surface area contributed by atoms with Crippen molar-refractivity contribution in [3.8, 4) is 17.2 Å². The minimum atomic E-state index is -3.94. The second kappa shape index (κ2) is 8.20. The second-order valence-corrected chi connectivity index (χ2v) is 8.09. The zero-order valence-electron chi connectivity index (χ0n) is 16.1. The van der Waals surface area contributed by atoms with Crippen molar-refractivity contribution in [2.24, 2.45) is 0 Å². The molecule has 13 heteroatoms. The predicted octanol–water partition coefficient (Wildman–Crippen LogP) is 2.13. The Kier molecular flexibility index (Phi) is 5.44. The van der Waals surface area contributed by atoms with Gasteiger partial charge < -0.3 is 9.47 Å². The molecule has 1 amide bonds. The number of anilines is 1. The summed E-state index contributed by atoms with van der Waals surface area (Å²) in [5.41, 5.74) is 0.772. The second-order valence-electron chi connectivity index (χ2n) is 6.47. The average Bonchev–Trinajstić information content (AvgIpc) is 3.24. The van der Waals surface area contributed by atoms with Crippen LogP contribution >= 0.6 is 0 Å². The predicted molar refractivity (Wildman–Crippen MR) is 106 cm³/mol. The summed E-state index contributed by atoms with van der Waals surface area (Å²) in [5, 5.41) is 6.42. The number of carbonyl (C=O) groups is 1. The van der Waals surface area contributed by atoms with E-state index in [0.29, 0.717) is 22.8 Å². The molecule has 11 nitrogen and oxygen atoms in total. The number of amides is 1. The maximum Gasteiger partial charge on any atom is 0.415 e. The van der Waals surface area contributed by atoms with E-state index in [1.54, 1.807) is 24.4 Å². The SMILES string of the molecule is CNS(=O)(=O)Nc1nccc(CN2Cc3ccc(Oc4cn[nH]c4)cc3OC2=O)c1F. The van der Waals surface area contributed by atoms with Gasteiger partial charge in [0.05, 0.1) is 25.5 Å². The molecule has 0 aliphatic carbocycles. The number of hydrogen-bond donors (Lipinski definition) is 3. The van der Waals surface area contributed by atoms with Crippen molar-refractivity contribution in [1.29, 1.82) is 0 Å². The fourth-order valence-corrected chi connectivity index (χ4v) is 3.36. The van der Waals surface area contributed by atoms with Crippen LogP contribution in [0, 0.1) is 5.82 Å². The molecule has 2 aromatic heterocycles. The minimum absolute atomic E-state index is 0.0733. The highest BCUT2D eigenvalue weighted by molar-refractivity contribution is 7.90. The van der Waals surface area contributed by atoms with Crippen LogP contribution in [0.2, 0.25) is 0 Å². The van der Waals surface area contributed by atoms with Gasteiger partial charge in [0.1, 0.15) is 11.5 Å². The molecule has 0 fully saturated rings. The maximum atomic E-state index is 14.7. The summed E-state index contributed by atoms with van der Waals surface area (Å²) >= 11 is 0. The normalized spacial score (nSPS) is 13.5. The number of benzene rings is 1. The van der Waals surface area contributed by atoms with E-state index in [4.69, 9.17) is 9.47 Å². The van der Waals surface area contributed by atoms with E-state index in [1.165, 1.54) is 30.4 Å². The number of pyridine rings is 1. The van der Waals surface area contributed by atoms with E-state index in [-0.39, 0.29) is 18.7 Å². The minimum Gasteiger partial charge on any atom is -0.454 e. The Morgan fingerprint density at radius 1 is 1.32 bits per heavy atom. The van der Waals surface area contributed by atoms with Gasteiger partial charge in [0.25, 0.3) is 10.2 Å². The van der Waals surface area contributed by atoms with Crippen molar-refractivity contribution in [2.45, 2.75) is 13.1 Å². The quantitative estimate of drug-likeness (QED) is 0.503. The van der Waals surface area contributed by atoms with Crippen LogP contribution in [0.1, 0.15) is 11.1 Å². The molecule has 1 aromatic carbocycles. The van der Waals surface area contributed by atoms with E-state index < -0.39 is 27.9 Å². The molecule has 0 spiro atoms. The van der Waals surface area contributed by atoms with Gasteiger partial charge >= 0.3 is 6.09 Å². The Hall–Kier alpha value is -3.71. The summed E-state index contributed by atoms with van der Waals surface area (Å²) in [7, 11) is -2.77. The molecule has 0 unspecified atom stereocenters. The lowest BCUT2D eigenvalue weighted by Gasteiger charge is -2.28. The van der Waals surface area contributed by atoms with Crippen molar-refractivity contribution in [3.05, 3.63) is 59.8 Å². The van der Waals surface area contributed by atoms with Gasteiger partial charge in [-0.05, 0) is 18.2 Å². The largest absolute Gasteiger partial charge is 0.454 e. The van der Waals surface area contributed by atoms with Crippen LogP contribution in [0.4, 0.5) is 15.0 Å². The molecule has 4 rings (SSSR count). The number of carbonyl (C=O) groups excluding carboxylic acids is 1. The molecule has 0 atom stereocenters. The standard InChI is InChI=1S/C18H17FN6O5S/c1-20-31(27,28)24-17-16(19)12(4-5-21-17)10-25-9-11-2-3-13(6-15(11)30-18(25)26)29-14-7-22-23-8-14/h2-8,20H,9-10H2,1H3,(H,21,24)(H,22,23). The highest BCUT2D eigenvalue weighted by Crippen LogP contribution is 2.33. The van der Waals surface area contributed by atoms with Gasteiger partial charge in [0.15, 0.2) is 17.4 Å². The highest BCUT2D eigenvalue weighted by atomic mass is 32.2. The van der Waals surface area contributed by atoms with Gasteiger partial charge in [-0.25, -0.2) is 18.9 Å². The molecule has 1 aliphatic rings. The number of aromatic amines is 1. The maximum absolute atomic E-state index is 14.7. The summed E-state index contributed by atoms with van der Waals surface area (Å²) in [6, 6.07) is 6.38. The van der Waals surface area contributed by atoms with Crippen LogP contribution < -0.4 is 18.9 Å². The lowest BCUT2D eigenvalue weighted by atomic mass is 10.1. The van der Waals surface area contributed by atoms with E-state index in [2.05, 4.69) is 15.2 Å². The fourth-order valence-electron chi connectivity index (χ4n) is 2.87. The summed E-state index contributed by atoms with van der Waals surface area (Å²) in [6.07, 6.45) is 3.64. The van der Waals surface area contributed by atoms with Crippen molar-refractivity contribution < 1.29 is 27.1 Å². The third-order valence-corrected chi connectivity index (χ3v) is 5.39. The molecule has 0 bridgehead atoms. The van der Waals surface area contributed by atoms with Gasteiger partial charge in [0.2, 0.25) is 0 Å². The molecular formula is C18H17FN6O5S. The lowest BCUT2D eigenvalue weighted by molar-refractivity contribution is 0.134. The number of halogens is 1. The Labute approximate surface area is 176 Å². The lowest BCUT2D eigenvalue weighted by Crippen LogP contribution is -2.36. The average molecular weight is 448 g/mol. The van der Waals surface area contributed by atoms with Crippen LogP contribution in [-0.4, -0.2) is 41.6 Å². The number of aromatic nitrogens is 3. The molecule has 1 aliphatic heterocycles. The van der Waals surface area contributed by atoms with Crippen molar-refractivity contribution in [3.63, 3.8) is 0 Å².